The monoisotopic (exact) mass is 339 g/mol. The van der Waals surface area contributed by atoms with E-state index in [-0.39, 0.29) is 11.6 Å². The minimum Gasteiger partial charge on any atom is -0.490 e. The van der Waals surface area contributed by atoms with Crippen molar-refractivity contribution in [3.05, 3.63) is 82.4 Å². The van der Waals surface area contributed by atoms with E-state index in [1.807, 2.05) is 0 Å². The summed E-state index contributed by atoms with van der Waals surface area (Å²) >= 11 is 0. The summed E-state index contributed by atoms with van der Waals surface area (Å²) in [7, 11) is 0. The molecule has 0 bridgehead atoms. The molecule has 25 heavy (non-hydrogen) atoms. The fourth-order valence-electron chi connectivity index (χ4n) is 1.97. The van der Waals surface area contributed by atoms with Crippen LogP contribution in [0, 0.1) is 10.1 Å². The average molecular weight is 339 g/mol. The average Bonchev–Trinajstić information content (AvgIpc) is 2.64. The number of nitro benzene ring substituents is 1. The minimum absolute atomic E-state index is 0.0338. The highest BCUT2D eigenvalue weighted by atomic mass is 16.6. The van der Waals surface area contributed by atoms with Gasteiger partial charge < -0.3 is 4.74 Å². The van der Waals surface area contributed by atoms with E-state index in [0.29, 0.717) is 29.2 Å². The molecule has 2 rings (SSSR count). The van der Waals surface area contributed by atoms with E-state index in [2.05, 4.69) is 17.1 Å². The van der Waals surface area contributed by atoms with Crippen molar-refractivity contribution in [3.8, 4) is 5.75 Å². The number of nitrogens with zero attached hydrogens (tertiary/aromatic N) is 2. The summed E-state index contributed by atoms with van der Waals surface area (Å²) in [6.07, 6.45) is 1.63. The lowest BCUT2D eigenvalue weighted by molar-refractivity contribution is -0.384. The van der Waals surface area contributed by atoms with Crippen LogP contribution in [0.3, 0.4) is 0 Å². The summed E-state index contributed by atoms with van der Waals surface area (Å²) < 4.78 is 5.34. The van der Waals surface area contributed by atoms with Gasteiger partial charge in [-0.1, -0.05) is 24.8 Å². The van der Waals surface area contributed by atoms with Crippen molar-refractivity contribution in [1.29, 1.82) is 0 Å². The molecule has 0 spiro atoms. The molecule has 0 aliphatic carbocycles. The lowest BCUT2D eigenvalue weighted by Crippen LogP contribution is -2.19. The van der Waals surface area contributed by atoms with E-state index in [0.717, 1.165) is 0 Å². The molecule has 2 aromatic carbocycles. The number of hydrazone groups is 1. The molecule has 0 radical (unpaired) electrons. The van der Waals surface area contributed by atoms with Gasteiger partial charge in [-0.25, -0.2) is 5.43 Å². The van der Waals surface area contributed by atoms with Crippen LogP contribution in [0.4, 0.5) is 5.69 Å². The summed E-state index contributed by atoms with van der Waals surface area (Å²) in [5.41, 5.74) is 3.83. The minimum atomic E-state index is -0.481. The summed E-state index contributed by atoms with van der Waals surface area (Å²) in [6.45, 7) is 5.61. The van der Waals surface area contributed by atoms with Crippen LogP contribution >= 0.6 is 0 Å². The first-order chi connectivity index (χ1) is 12.0. The molecule has 0 unspecified atom stereocenters. The van der Waals surface area contributed by atoms with Gasteiger partial charge in [0.05, 0.1) is 10.6 Å². The lowest BCUT2D eigenvalue weighted by atomic mass is 10.1. The summed E-state index contributed by atoms with van der Waals surface area (Å²) in [5.74, 6) is 0.243. The molecule has 0 fully saturated rings. The second-order valence-corrected chi connectivity index (χ2v) is 5.07. The number of carbonyl (C=O) groups excluding carboxylic acids is 1. The Morgan fingerprint density at radius 3 is 2.64 bits per heavy atom. The van der Waals surface area contributed by atoms with Crippen LogP contribution in [-0.2, 0) is 0 Å². The standard InChI is InChI=1S/C18H17N3O4/c1-3-11-25-17-9-7-14(8-10-17)18(22)20-19-13(2)15-5-4-6-16(12-15)21(23)24/h3-10,12H,1,11H2,2H3,(H,20,22)/b19-13+. The highest BCUT2D eigenvalue weighted by Crippen LogP contribution is 2.14. The van der Waals surface area contributed by atoms with E-state index in [4.69, 9.17) is 4.74 Å². The molecule has 0 aliphatic heterocycles. The predicted octanol–water partition coefficient (Wildman–Crippen LogP) is 3.31. The van der Waals surface area contributed by atoms with Gasteiger partial charge in [0, 0.05) is 23.3 Å². The third kappa shape index (κ3) is 5.00. The van der Waals surface area contributed by atoms with E-state index in [9.17, 15) is 14.9 Å². The van der Waals surface area contributed by atoms with Gasteiger partial charge in [-0.15, -0.1) is 0 Å². The number of nitro groups is 1. The number of ether oxygens (including phenoxy) is 1. The Morgan fingerprint density at radius 2 is 2.00 bits per heavy atom. The molecule has 128 valence electrons. The number of rotatable bonds is 7. The fraction of sp³-hybridized carbons (Fsp3) is 0.111. The van der Waals surface area contributed by atoms with Crippen molar-refractivity contribution >= 4 is 17.3 Å². The second kappa shape index (κ2) is 8.39. The maximum Gasteiger partial charge on any atom is 0.271 e. The van der Waals surface area contributed by atoms with Gasteiger partial charge in [0.1, 0.15) is 12.4 Å². The molecule has 7 nitrogen and oxygen atoms in total. The fourth-order valence-corrected chi connectivity index (χ4v) is 1.97. The van der Waals surface area contributed by atoms with Crippen molar-refractivity contribution < 1.29 is 14.5 Å². The quantitative estimate of drug-likeness (QED) is 0.362. The maximum atomic E-state index is 12.1. The molecule has 0 aromatic heterocycles. The molecule has 7 heteroatoms. The zero-order valence-corrected chi connectivity index (χ0v) is 13.6. The smallest absolute Gasteiger partial charge is 0.271 e. The third-order valence-corrected chi connectivity index (χ3v) is 3.28. The SMILES string of the molecule is C=CCOc1ccc(C(=O)N/N=C(\C)c2cccc([N+](=O)[O-])c2)cc1. The molecular weight excluding hydrogens is 322 g/mol. The van der Waals surface area contributed by atoms with E-state index >= 15 is 0 Å². The van der Waals surface area contributed by atoms with Crippen LogP contribution in [-0.4, -0.2) is 23.1 Å². The molecule has 0 saturated heterocycles. The second-order valence-electron chi connectivity index (χ2n) is 5.07. The van der Waals surface area contributed by atoms with Crippen LogP contribution in [0.2, 0.25) is 0 Å². The first kappa shape index (κ1) is 17.9. The largest absolute Gasteiger partial charge is 0.490 e. The Hall–Kier alpha value is -3.48. The van der Waals surface area contributed by atoms with E-state index in [1.165, 1.54) is 12.1 Å². The molecule has 2 aromatic rings. The van der Waals surface area contributed by atoms with Crippen LogP contribution in [0.5, 0.6) is 5.75 Å². The highest BCUT2D eigenvalue weighted by Gasteiger charge is 2.09. The number of hydrogen-bond donors (Lipinski definition) is 1. The van der Waals surface area contributed by atoms with Crippen molar-refractivity contribution in [2.75, 3.05) is 6.61 Å². The zero-order valence-electron chi connectivity index (χ0n) is 13.6. The molecule has 1 N–H and O–H groups in total. The van der Waals surface area contributed by atoms with Crippen molar-refractivity contribution in [2.24, 2.45) is 5.10 Å². The van der Waals surface area contributed by atoms with Crippen LogP contribution < -0.4 is 10.2 Å². The van der Waals surface area contributed by atoms with Gasteiger partial charge in [0.2, 0.25) is 0 Å². The van der Waals surface area contributed by atoms with E-state index in [1.54, 1.807) is 49.4 Å². The number of amides is 1. The number of benzene rings is 2. The molecule has 0 aliphatic rings. The summed E-state index contributed by atoms with van der Waals surface area (Å²) in [5, 5.41) is 14.8. The van der Waals surface area contributed by atoms with Gasteiger partial charge in [-0.2, -0.15) is 5.10 Å². The Kier molecular flexibility index (Phi) is 6.00. The van der Waals surface area contributed by atoms with Gasteiger partial charge in [0.25, 0.3) is 11.6 Å². The number of nitrogens with one attached hydrogen (secondary N) is 1. The third-order valence-electron chi connectivity index (χ3n) is 3.28. The topological polar surface area (TPSA) is 93.8 Å². The molecule has 0 heterocycles. The maximum absolute atomic E-state index is 12.1. The first-order valence-corrected chi connectivity index (χ1v) is 7.44. The van der Waals surface area contributed by atoms with Crippen LogP contribution in [0.1, 0.15) is 22.8 Å². The van der Waals surface area contributed by atoms with Crippen molar-refractivity contribution in [1.82, 2.24) is 5.43 Å². The molecular formula is C18H17N3O4. The van der Waals surface area contributed by atoms with Gasteiger partial charge in [-0.05, 0) is 31.2 Å². The molecule has 0 atom stereocenters. The van der Waals surface area contributed by atoms with Crippen LogP contribution in [0.25, 0.3) is 0 Å². The Balaban J connectivity index is 2.04. The Bertz CT molecular complexity index is 813. The number of non-ortho nitro benzene ring substituents is 1. The van der Waals surface area contributed by atoms with Gasteiger partial charge in [-0.3, -0.25) is 14.9 Å². The van der Waals surface area contributed by atoms with Crippen molar-refractivity contribution in [2.45, 2.75) is 6.92 Å². The molecule has 1 amide bonds. The van der Waals surface area contributed by atoms with E-state index < -0.39 is 4.92 Å². The summed E-state index contributed by atoms with van der Waals surface area (Å²) in [4.78, 5) is 22.4. The first-order valence-electron chi connectivity index (χ1n) is 7.44. The zero-order chi connectivity index (χ0) is 18.2. The van der Waals surface area contributed by atoms with Crippen LogP contribution in [0.15, 0.2) is 66.3 Å². The predicted molar refractivity (Wildman–Crippen MR) is 94.9 cm³/mol. The lowest BCUT2D eigenvalue weighted by Gasteiger charge is -2.05. The highest BCUT2D eigenvalue weighted by molar-refractivity contribution is 6.01. The summed E-state index contributed by atoms with van der Waals surface area (Å²) in [6, 6.07) is 12.6. The molecule has 0 saturated carbocycles. The number of carbonyl (C=O) groups is 1. The van der Waals surface area contributed by atoms with Gasteiger partial charge in [0.15, 0.2) is 0 Å². The van der Waals surface area contributed by atoms with Crippen molar-refractivity contribution in [3.63, 3.8) is 0 Å². The van der Waals surface area contributed by atoms with Gasteiger partial charge >= 0.3 is 0 Å². The normalized spacial score (nSPS) is 10.8. The number of hydrogen-bond acceptors (Lipinski definition) is 5. The Labute approximate surface area is 144 Å². The Morgan fingerprint density at radius 1 is 1.28 bits per heavy atom.